The van der Waals surface area contributed by atoms with Gasteiger partial charge in [0.2, 0.25) is 0 Å². The van der Waals surface area contributed by atoms with Crippen molar-refractivity contribution in [1.82, 2.24) is 0 Å². The van der Waals surface area contributed by atoms with Gasteiger partial charge in [-0.05, 0) is 12.0 Å². The SMILES string of the molecule is [B][B]Cc1ccccc1C(=O)CCCC(=O)c1ccccc1. The third-order valence-electron chi connectivity index (χ3n) is 3.56. The second-order valence-electron chi connectivity index (χ2n) is 5.16. The van der Waals surface area contributed by atoms with Crippen molar-refractivity contribution in [3.8, 4) is 0 Å². The molecule has 0 atom stereocenters. The zero-order valence-corrected chi connectivity index (χ0v) is 12.5. The molecule has 0 saturated carbocycles. The number of hydrogen-bond donors (Lipinski definition) is 0. The molecule has 0 spiro atoms. The predicted octanol–water partition coefficient (Wildman–Crippen LogP) is 3.21. The molecule has 4 heteroatoms. The monoisotopic (exact) mass is 287 g/mol. The Bertz CT molecular complexity index is 639. The van der Waals surface area contributed by atoms with E-state index in [1.807, 2.05) is 42.5 Å². The number of carbonyl (C=O) groups is 2. The summed E-state index contributed by atoms with van der Waals surface area (Å²) in [7, 11) is 7.00. The van der Waals surface area contributed by atoms with Gasteiger partial charge >= 0.3 is 0 Å². The largest absolute Gasteiger partial charge is 0.294 e. The topological polar surface area (TPSA) is 34.1 Å². The molecule has 0 heterocycles. The molecule has 0 aliphatic heterocycles. The molecule has 0 N–H and O–H groups in total. The first-order chi connectivity index (χ1) is 10.7. The fraction of sp³-hybridized carbons (Fsp3) is 0.222. The van der Waals surface area contributed by atoms with Crippen LogP contribution >= 0.6 is 0 Å². The van der Waals surface area contributed by atoms with Gasteiger partial charge in [-0.2, -0.15) is 0 Å². The number of Topliss-reactive ketones (excluding diaryl/α,β-unsaturated/α-hetero) is 2. The standard InChI is InChI=1S/C18H17B2O2/c19-20-13-15-9-4-5-10-16(15)18(22)12-6-11-17(21)14-7-2-1-3-8-14/h1-5,7-10H,6,11-13H2. The molecule has 0 bridgehead atoms. The summed E-state index contributed by atoms with van der Waals surface area (Å²) in [6, 6.07) is 16.7. The lowest BCUT2D eigenvalue weighted by molar-refractivity contribution is 0.0957. The van der Waals surface area contributed by atoms with Gasteiger partial charge in [-0.1, -0.05) is 60.9 Å². The Morgan fingerprint density at radius 1 is 0.864 bits per heavy atom. The van der Waals surface area contributed by atoms with E-state index in [-0.39, 0.29) is 11.6 Å². The van der Waals surface area contributed by atoms with Crippen molar-refractivity contribution in [3.05, 3.63) is 71.3 Å². The Hall–Kier alpha value is -2.09. The Morgan fingerprint density at radius 3 is 2.23 bits per heavy atom. The van der Waals surface area contributed by atoms with Crippen LogP contribution in [0.5, 0.6) is 0 Å². The minimum absolute atomic E-state index is 0.0679. The summed E-state index contributed by atoms with van der Waals surface area (Å²) in [4.78, 5) is 24.3. The minimum Gasteiger partial charge on any atom is -0.294 e. The van der Waals surface area contributed by atoms with Crippen molar-refractivity contribution in [2.45, 2.75) is 25.6 Å². The molecule has 3 radical (unpaired) electrons. The maximum Gasteiger partial charge on any atom is 0.163 e. The fourth-order valence-corrected chi connectivity index (χ4v) is 2.41. The average Bonchev–Trinajstić information content (AvgIpc) is 2.56. The number of carbonyl (C=O) groups excluding carboxylic acids is 2. The summed E-state index contributed by atoms with van der Waals surface area (Å²) in [6.45, 7) is 0. The first kappa shape index (κ1) is 16.3. The van der Waals surface area contributed by atoms with Crippen LogP contribution in [-0.2, 0) is 6.32 Å². The van der Waals surface area contributed by atoms with Gasteiger partial charge in [0.05, 0.1) is 7.17 Å². The van der Waals surface area contributed by atoms with Crippen LogP contribution in [-0.4, -0.2) is 26.5 Å². The van der Waals surface area contributed by atoms with Crippen LogP contribution < -0.4 is 0 Å². The van der Waals surface area contributed by atoms with Crippen LogP contribution in [0.15, 0.2) is 54.6 Å². The van der Waals surface area contributed by atoms with Crippen molar-refractivity contribution < 1.29 is 9.59 Å². The van der Waals surface area contributed by atoms with Crippen LogP contribution in [0.1, 0.15) is 45.5 Å². The number of ketones is 2. The highest BCUT2D eigenvalue weighted by atomic mass is 16.1. The lowest BCUT2D eigenvalue weighted by Gasteiger charge is -2.07. The van der Waals surface area contributed by atoms with Crippen molar-refractivity contribution in [2.24, 2.45) is 0 Å². The molecule has 0 aromatic heterocycles. The van der Waals surface area contributed by atoms with Crippen molar-refractivity contribution in [1.29, 1.82) is 0 Å². The molecule has 0 saturated heterocycles. The van der Waals surface area contributed by atoms with E-state index in [4.69, 9.17) is 7.74 Å². The molecular weight excluding hydrogens is 270 g/mol. The predicted molar refractivity (Wildman–Crippen MR) is 90.6 cm³/mol. The molecule has 0 unspecified atom stereocenters. The van der Waals surface area contributed by atoms with Gasteiger partial charge in [-0.15, -0.1) is 0 Å². The highest BCUT2D eigenvalue weighted by molar-refractivity contribution is 6.89. The van der Waals surface area contributed by atoms with Gasteiger partial charge in [-0.25, -0.2) is 0 Å². The maximum absolute atomic E-state index is 12.3. The van der Waals surface area contributed by atoms with Crippen LogP contribution in [0.2, 0.25) is 0 Å². The van der Waals surface area contributed by atoms with Crippen molar-refractivity contribution in [2.75, 3.05) is 0 Å². The Morgan fingerprint density at radius 2 is 1.50 bits per heavy atom. The van der Waals surface area contributed by atoms with E-state index >= 15 is 0 Å². The molecule has 2 nitrogen and oxygen atoms in total. The number of benzene rings is 2. The average molecular weight is 287 g/mol. The molecule has 0 aliphatic carbocycles. The smallest absolute Gasteiger partial charge is 0.163 e. The maximum atomic E-state index is 12.3. The first-order valence-corrected chi connectivity index (χ1v) is 7.45. The van der Waals surface area contributed by atoms with E-state index < -0.39 is 0 Å². The fourth-order valence-electron chi connectivity index (χ4n) is 2.41. The summed E-state index contributed by atoms with van der Waals surface area (Å²) < 4.78 is 0. The molecule has 0 amide bonds. The minimum atomic E-state index is 0.0679. The van der Waals surface area contributed by atoms with Crippen LogP contribution in [0.4, 0.5) is 0 Å². The zero-order chi connectivity index (χ0) is 15.8. The van der Waals surface area contributed by atoms with Gasteiger partial charge in [0.25, 0.3) is 0 Å². The summed E-state index contributed by atoms with van der Waals surface area (Å²) in [5.74, 6) is 0.148. The van der Waals surface area contributed by atoms with Crippen molar-refractivity contribution >= 4 is 26.5 Å². The molecule has 2 rings (SSSR count). The molecule has 0 aliphatic rings. The third-order valence-corrected chi connectivity index (χ3v) is 3.56. The molecule has 2 aromatic carbocycles. The van der Waals surface area contributed by atoms with Gasteiger partial charge in [0.1, 0.15) is 0 Å². The number of hydrogen-bond acceptors (Lipinski definition) is 2. The van der Waals surface area contributed by atoms with E-state index in [1.165, 1.54) is 0 Å². The summed E-state index contributed by atoms with van der Waals surface area (Å²) in [5.41, 5.74) is 2.34. The first-order valence-electron chi connectivity index (χ1n) is 7.45. The van der Waals surface area contributed by atoms with Crippen LogP contribution in [0.3, 0.4) is 0 Å². The number of rotatable bonds is 8. The molecule has 0 fully saturated rings. The van der Waals surface area contributed by atoms with Gasteiger partial charge in [-0.3, -0.25) is 9.59 Å². The molecule has 107 valence electrons. The Labute approximate surface area is 133 Å². The summed E-state index contributed by atoms with van der Waals surface area (Å²) in [5, 5.41) is 0. The quantitative estimate of drug-likeness (QED) is 0.552. The summed E-state index contributed by atoms with van der Waals surface area (Å²) in [6.07, 6.45) is 1.90. The van der Waals surface area contributed by atoms with E-state index in [9.17, 15) is 9.59 Å². The second kappa shape index (κ2) is 8.38. The van der Waals surface area contributed by atoms with Crippen LogP contribution in [0.25, 0.3) is 0 Å². The highest BCUT2D eigenvalue weighted by Crippen LogP contribution is 2.14. The van der Waals surface area contributed by atoms with E-state index in [1.54, 1.807) is 19.3 Å². The molecule has 22 heavy (non-hydrogen) atoms. The van der Waals surface area contributed by atoms with E-state index in [0.29, 0.717) is 36.7 Å². The van der Waals surface area contributed by atoms with Crippen LogP contribution in [0, 0.1) is 0 Å². The highest BCUT2D eigenvalue weighted by Gasteiger charge is 2.11. The van der Waals surface area contributed by atoms with E-state index in [0.717, 1.165) is 5.56 Å². The molecule has 2 aromatic rings. The van der Waals surface area contributed by atoms with Gasteiger partial charge in [0, 0.05) is 31.7 Å². The van der Waals surface area contributed by atoms with Gasteiger partial charge in [0.15, 0.2) is 11.6 Å². The normalized spacial score (nSPS) is 10.2. The summed E-state index contributed by atoms with van der Waals surface area (Å²) >= 11 is 0. The Balaban J connectivity index is 1.89. The lowest BCUT2D eigenvalue weighted by Crippen LogP contribution is -2.08. The van der Waals surface area contributed by atoms with Gasteiger partial charge < -0.3 is 0 Å². The zero-order valence-electron chi connectivity index (χ0n) is 12.5. The van der Waals surface area contributed by atoms with E-state index in [2.05, 4.69) is 0 Å². The molecular formula is C18H17B2O2. The van der Waals surface area contributed by atoms with Crippen molar-refractivity contribution in [3.63, 3.8) is 0 Å². The second-order valence-corrected chi connectivity index (χ2v) is 5.16. The lowest BCUT2D eigenvalue weighted by atomic mass is 9.52. The Kier molecular flexibility index (Phi) is 6.20. The third kappa shape index (κ3) is 4.45.